The third-order valence-electron chi connectivity index (χ3n) is 1.00. The number of primary amides is 1. The van der Waals surface area contributed by atoms with Crippen LogP contribution in [0.4, 0.5) is 0 Å². The average molecular weight is 194 g/mol. The van der Waals surface area contributed by atoms with Gasteiger partial charge in [0.1, 0.15) is 6.04 Å². The lowest BCUT2D eigenvalue weighted by atomic mass is 10.3. The summed E-state index contributed by atoms with van der Waals surface area (Å²) in [7, 11) is 0. The first-order chi connectivity index (χ1) is 5.11. The van der Waals surface area contributed by atoms with Gasteiger partial charge in [-0.15, -0.1) is 0 Å². The fraction of sp³-hybridized carbons (Fsp3) is 0.600. The quantitative estimate of drug-likeness (QED) is 0.425. The van der Waals surface area contributed by atoms with E-state index >= 15 is 0 Å². The second-order valence-electron chi connectivity index (χ2n) is 1.86. The molecular weight excluding hydrogens is 184 g/mol. The topological polar surface area (TPSA) is 72.2 Å². The zero-order valence-electron chi connectivity index (χ0n) is 5.78. The molecule has 64 valence electrons. The molecule has 0 rings (SSSR count). The molecule has 0 aromatic carbocycles. The minimum Gasteiger partial charge on any atom is -0.368 e. The van der Waals surface area contributed by atoms with Gasteiger partial charge in [0.15, 0.2) is 0 Å². The van der Waals surface area contributed by atoms with Gasteiger partial charge >= 0.3 is 0 Å². The number of hydrogen-bond acceptors (Lipinski definition) is 4. The summed E-state index contributed by atoms with van der Waals surface area (Å²) in [5.74, 6) is -0.673. The summed E-state index contributed by atoms with van der Waals surface area (Å²) < 4.78 is 0. The van der Waals surface area contributed by atoms with Crippen LogP contribution in [0.1, 0.15) is 0 Å². The second-order valence-corrected chi connectivity index (χ2v) is 2.54. The van der Waals surface area contributed by atoms with Crippen molar-refractivity contribution < 1.29 is 9.59 Å². The van der Waals surface area contributed by atoms with Crippen molar-refractivity contribution in [3.63, 3.8) is 0 Å². The molecule has 4 nitrogen and oxygen atoms in total. The maximum atomic E-state index is 10.7. The fourth-order valence-electron chi connectivity index (χ4n) is 0.447. The summed E-state index contributed by atoms with van der Waals surface area (Å²) in [6.07, 6.45) is 0. The molecule has 0 saturated heterocycles. The third-order valence-corrected chi connectivity index (χ3v) is 1.66. The molecule has 1 atom stereocenters. The lowest BCUT2D eigenvalue weighted by Gasteiger charge is -2.10. The molecule has 0 aliphatic heterocycles. The van der Waals surface area contributed by atoms with Crippen molar-refractivity contribution in [2.24, 2.45) is 5.73 Å². The van der Waals surface area contributed by atoms with E-state index in [-0.39, 0.29) is 17.4 Å². The van der Waals surface area contributed by atoms with Gasteiger partial charge < -0.3 is 11.1 Å². The zero-order valence-corrected chi connectivity index (χ0v) is 7.57. The molecule has 0 spiro atoms. The van der Waals surface area contributed by atoms with E-state index in [1.54, 1.807) is 0 Å². The summed E-state index contributed by atoms with van der Waals surface area (Å²) in [5.41, 5.74) is 4.92. The Balaban J connectivity index is 3.88. The van der Waals surface area contributed by atoms with Gasteiger partial charge in [0.2, 0.25) is 11.8 Å². The largest absolute Gasteiger partial charge is 0.368 e. The number of carbonyl (C=O) groups excluding carboxylic acids is 2. The van der Waals surface area contributed by atoms with Crippen LogP contribution < -0.4 is 11.1 Å². The Hall–Kier alpha value is -0.360. The Bertz CT molecular complexity index is 163. The highest BCUT2D eigenvalue weighted by Gasteiger charge is 2.14. The van der Waals surface area contributed by atoms with Gasteiger partial charge in [0, 0.05) is 5.75 Å². The maximum Gasteiger partial charge on any atom is 0.240 e. The van der Waals surface area contributed by atoms with Gasteiger partial charge in [0.25, 0.3) is 0 Å². The molecule has 0 aliphatic rings. The van der Waals surface area contributed by atoms with Gasteiger partial charge in [0.05, 0.1) is 5.75 Å². The number of rotatable bonds is 4. The van der Waals surface area contributed by atoms with Gasteiger partial charge in [-0.2, -0.15) is 25.3 Å². The van der Waals surface area contributed by atoms with E-state index in [0.29, 0.717) is 0 Å². The van der Waals surface area contributed by atoms with Crippen molar-refractivity contribution >= 4 is 37.1 Å². The Morgan fingerprint density at radius 3 is 2.27 bits per heavy atom. The average Bonchev–Trinajstić information content (AvgIpc) is 1.99. The maximum absolute atomic E-state index is 10.7. The first-order valence-corrected chi connectivity index (χ1v) is 4.18. The van der Waals surface area contributed by atoms with Crippen LogP contribution >= 0.6 is 25.3 Å². The molecule has 11 heavy (non-hydrogen) atoms. The van der Waals surface area contributed by atoms with Crippen molar-refractivity contribution in [3.8, 4) is 0 Å². The lowest BCUT2D eigenvalue weighted by molar-refractivity contribution is -0.125. The van der Waals surface area contributed by atoms with E-state index in [1.807, 2.05) is 0 Å². The highest BCUT2D eigenvalue weighted by atomic mass is 32.1. The molecule has 0 bridgehead atoms. The summed E-state index contributed by atoms with van der Waals surface area (Å²) >= 11 is 7.54. The number of carbonyl (C=O) groups is 2. The van der Waals surface area contributed by atoms with E-state index in [9.17, 15) is 9.59 Å². The number of hydrogen-bond donors (Lipinski definition) is 4. The smallest absolute Gasteiger partial charge is 0.240 e. The van der Waals surface area contributed by atoms with Crippen LogP contribution in [0.15, 0.2) is 0 Å². The Kier molecular flexibility index (Phi) is 5.14. The summed E-state index contributed by atoms with van der Waals surface area (Å²) in [4.78, 5) is 21.2. The summed E-state index contributed by atoms with van der Waals surface area (Å²) in [6, 6.07) is -0.696. The second kappa shape index (κ2) is 5.31. The van der Waals surface area contributed by atoms with Crippen LogP contribution in [0, 0.1) is 0 Å². The molecule has 1 unspecified atom stereocenters. The van der Waals surface area contributed by atoms with Crippen LogP contribution in [-0.2, 0) is 9.59 Å². The minimum atomic E-state index is -0.696. The number of amides is 2. The van der Waals surface area contributed by atoms with Crippen LogP contribution in [0.5, 0.6) is 0 Å². The predicted octanol–water partition coefficient (Wildman–Crippen LogP) is -1.18. The molecular formula is C5H10N2O2S2. The molecule has 0 heterocycles. The first kappa shape index (κ1) is 10.6. The lowest BCUT2D eigenvalue weighted by Crippen LogP contribution is -2.46. The number of nitrogens with one attached hydrogen (secondary N) is 1. The first-order valence-electron chi connectivity index (χ1n) is 2.92. The SMILES string of the molecule is NC(=O)C(CS)NC(=O)CS. The summed E-state index contributed by atoms with van der Waals surface area (Å²) in [6.45, 7) is 0. The van der Waals surface area contributed by atoms with Crippen LogP contribution in [-0.4, -0.2) is 29.4 Å². The Labute approximate surface area is 75.7 Å². The summed E-state index contributed by atoms with van der Waals surface area (Å²) in [5, 5.41) is 2.35. The Morgan fingerprint density at radius 1 is 1.45 bits per heavy atom. The number of nitrogens with two attached hydrogens (primary N) is 1. The minimum absolute atomic E-state index is 0.0392. The normalized spacial score (nSPS) is 12.2. The highest BCUT2D eigenvalue weighted by molar-refractivity contribution is 7.81. The highest BCUT2D eigenvalue weighted by Crippen LogP contribution is 1.87. The van der Waals surface area contributed by atoms with E-state index < -0.39 is 11.9 Å². The number of thiol groups is 2. The van der Waals surface area contributed by atoms with Crippen molar-refractivity contribution in [2.75, 3.05) is 11.5 Å². The van der Waals surface area contributed by atoms with Crippen molar-refractivity contribution in [1.29, 1.82) is 0 Å². The van der Waals surface area contributed by atoms with E-state index in [2.05, 4.69) is 30.6 Å². The molecule has 0 aliphatic carbocycles. The third kappa shape index (κ3) is 4.15. The monoisotopic (exact) mass is 194 g/mol. The van der Waals surface area contributed by atoms with E-state index in [0.717, 1.165) is 0 Å². The van der Waals surface area contributed by atoms with Gasteiger partial charge in [-0.1, -0.05) is 0 Å². The molecule has 2 amide bonds. The van der Waals surface area contributed by atoms with Gasteiger partial charge in [-0.05, 0) is 0 Å². The standard InChI is InChI=1S/C5H10N2O2S2/c6-5(9)3(1-10)7-4(8)2-11/h3,10-11H,1-2H2,(H2,6,9)(H,7,8). The van der Waals surface area contributed by atoms with Crippen molar-refractivity contribution in [2.45, 2.75) is 6.04 Å². The van der Waals surface area contributed by atoms with Crippen LogP contribution in [0.2, 0.25) is 0 Å². The predicted molar refractivity (Wildman–Crippen MR) is 48.8 cm³/mol. The molecule has 0 fully saturated rings. The van der Waals surface area contributed by atoms with Crippen LogP contribution in [0.3, 0.4) is 0 Å². The molecule has 3 N–H and O–H groups in total. The Morgan fingerprint density at radius 2 is 2.00 bits per heavy atom. The fourth-order valence-corrected chi connectivity index (χ4v) is 0.809. The van der Waals surface area contributed by atoms with Crippen LogP contribution in [0.25, 0.3) is 0 Å². The van der Waals surface area contributed by atoms with E-state index in [4.69, 9.17) is 5.73 Å². The van der Waals surface area contributed by atoms with Crippen molar-refractivity contribution in [3.05, 3.63) is 0 Å². The van der Waals surface area contributed by atoms with Crippen molar-refractivity contribution in [1.82, 2.24) is 5.32 Å². The molecule has 0 aromatic heterocycles. The molecule has 0 radical (unpaired) electrons. The molecule has 0 saturated carbocycles. The molecule has 0 aromatic rings. The molecule has 6 heteroatoms. The van der Waals surface area contributed by atoms with Gasteiger partial charge in [-0.3, -0.25) is 9.59 Å². The zero-order chi connectivity index (χ0) is 8.85. The van der Waals surface area contributed by atoms with E-state index in [1.165, 1.54) is 0 Å². The van der Waals surface area contributed by atoms with Gasteiger partial charge in [-0.25, -0.2) is 0 Å².